The number of nitrogens with one attached hydrogen (secondary N) is 1. The number of rotatable bonds is 10. The molecule has 0 aromatic heterocycles. The van der Waals surface area contributed by atoms with Crippen LogP contribution in [0.5, 0.6) is 0 Å². The van der Waals surface area contributed by atoms with Gasteiger partial charge >= 0.3 is 0 Å². The summed E-state index contributed by atoms with van der Waals surface area (Å²) in [6, 6.07) is 11.1. The Labute approximate surface area is 199 Å². The average Bonchev–Trinajstić information content (AvgIpc) is 2.76. The van der Waals surface area contributed by atoms with E-state index in [2.05, 4.69) is 5.32 Å². The second-order valence-electron chi connectivity index (χ2n) is 7.83. The van der Waals surface area contributed by atoms with Gasteiger partial charge in [-0.1, -0.05) is 48.9 Å². The third kappa shape index (κ3) is 7.17. The van der Waals surface area contributed by atoms with Crippen molar-refractivity contribution < 1.29 is 22.4 Å². The van der Waals surface area contributed by atoms with Crippen LogP contribution >= 0.6 is 11.6 Å². The predicted octanol–water partition coefficient (Wildman–Crippen LogP) is 3.58. The molecule has 0 heterocycles. The number of carbonyl (C=O) groups excluding carboxylic acids is 2. The number of hydrogen-bond acceptors (Lipinski definition) is 4. The van der Waals surface area contributed by atoms with Crippen molar-refractivity contribution in [2.45, 2.75) is 45.8 Å². The Hall–Kier alpha value is -2.65. The van der Waals surface area contributed by atoms with Gasteiger partial charge in [0.25, 0.3) is 0 Å². The van der Waals surface area contributed by atoms with Crippen LogP contribution < -0.4 is 9.62 Å². The third-order valence-electron chi connectivity index (χ3n) is 5.27. The Bertz CT molecular complexity index is 1100. The molecule has 0 aliphatic heterocycles. The normalized spacial score (nSPS) is 13.2. The summed E-state index contributed by atoms with van der Waals surface area (Å²) in [7, 11) is -4.00. The molecule has 2 amide bonds. The number of carbonyl (C=O) groups is 2. The van der Waals surface area contributed by atoms with Crippen LogP contribution in [-0.4, -0.2) is 50.0 Å². The lowest BCUT2D eigenvalue weighted by Gasteiger charge is -2.32. The van der Waals surface area contributed by atoms with E-state index in [1.54, 1.807) is 31.2 Å². The maximum atomic E-state index is 14.4. The van der Waals surface area contributed by atoms with Crippen LogP contribution in [0.15, 0.2) is 48.5 Å². The number of hydrogen-bond donors (Lipinski definition) is 1. The van der Waals surface area contributed by atoms with Crippen molar-refractivity contribution in [1.29, 1.82) is 0 Å². The molecule has 33 heavy (non-hydrogen) atoms. The summed E-state index contributed by atoms with van der Waals surface area (Å²) in [6.45, 7) is 4.61. The van der Waals surface area contributed by atoms with Crippen molar-refractivity contribution in [3.63, 3.8) is 0 Å². The van der Waals surface area contributed by atoms with Crippen molar-refractivity contribution in [2.24, 2.45) is 0 Å². The van der Waals surface area contributed by atoms with Crippen LogP contribution in [0.1, 0.15) is 32.8 Å². The van der Waals surface area contributed by atoms with Gasteiger partial charge in [0.05, 0.1) is 11.9 Å². The van der Waals surface area contributed by atoms with Crippen molar-refractivity contribution in [2.75, 3.05) is 17.1 Å². The molecular formula is C23H29ClFN3O4S. The van der Waals surface area contributed by atoms with Crippen LogP contribution in [0.25, 0.3) is 0 Å². The van der Waals surface area contributed by atoms with Gasteiger partial charge in [-0.2, -0.15) is 0 Å². The molecule has 2 atom stereocenters. The van der Waals surface area contributed by atoms with E-state index in [9.17, 15) is 22.4 Å². The molecule has 0 fully saturated rings. The molecule has 0 spiro atoms. The largest absolute Gasteiger partial charge is 0.352 e. The molecule has 0 aliphatic carbocycles. The Balaban J connectivity index is 2.41. The molecule has 2 aromatic rings. The van der Waals surface area contributed by atoms with Crippen molar-refractivity contribution in [1.82, 2.24) is 10.2 Å². The zero-order valence-electron chi connectivity index (χ0n) is 19.1. The van der Waals surface area contributed by atoms with E-state index in [4.69, 9.17) is 11.6 Å². The third-order valence-corrected chi connectivity index (χ3v) is 6.76. The number of para-hydroxylation sites is 1. The summed E-state index contributed by atoms with van der Waals surface area (Å²) in [5.41, 5.74) is 0.343. The second-order valence-corrected chi connectivity index (χ2v) is 10.1. The highest BCUT2D eigenvalue weighted by Crippen LogP contribution is 2.23. The highest BCUT2D eigenvalue weighted by Gasteiger charge is 2.31. The van der Waals surface area contributed by atoms with Gasteiger partial charge in [0.2, 0.25) is 21.8 Å². The van der Waals surface area contributed by atoms with Gasteiger partial charge in [-0.25, -0.2) is 12.8 Å². The highest BCUT2D eigenvalue weighted by molar-refractivity contribution is 7.92. The minimum absolute atomic E-state index is 0.0253. The quantitative estimate of drug-likeness (QED) is 0.543. The lowest BCUT2D eigenvalue weighted by molar-refractivity contribution is -0.139. The standard InChI is InChI=1S/C23H29ClFN3O4S/c1-5-16(2)26-23(30)17(3)27(14-18-10-6-7-11-19(18)24)22(29)15-28(33(4,31)32)21-13-9-8-12-20(21)25/h6-13,16-17H,5,14-15H2,1-4H3,(H,26,30). The first-order valence-corrected chi connectivity index (χ1v) is 12.7. The van der Waals surface area contributed by atoms with E-state index >= 15 is 0 Å². The number of nitrogens with zero attached hydrogens (tertiary/aromatic N) is 2. The van der Waals surface area contributed by atoms with E-state index in [1.807, 2.05) is 13.8 Å². The summed E-state index contributed by atoms with van der Waals surface area (Å²) in [5.74, 6) is -1.84. The average molecular weight is 498 g/mol. The molecular weight excluding hydrogens is 469 g/mol. The maximum absolute atomic E-state index is 14.4. The molecule has 2 rings (SSSR count). The van der Waals surface area contributed by atoms with Crippen LogP contribution in [0.3, 0.4) is 0 Å². The van der Waals surface area contributed by atoms with Gasteiger partial charge in [0, 0.05) is 17.6 Å². The Morgan fingerprint density at radius 2 is 1.70 bits per heavy atom. The Morgan fingerprint density at radius 1 is 1.09 bits per heavy atom. The van der Waals surface area contributed by atoms with Gasteiger partial charge in [-0.3, -0.25) is 13.9 Å². The number of sulfonamides is 1. The van der Waals surface area contributed by atoms with E-state index < -0.39 is 34.3 Å². The van der Waals surface area contributed by atoms with Crippen LogP contribution in [0, 0.1) is 5.82 Å². The number of anilines is 1. The topological polar surface area (TPSA) is 86.8 Å². The summed E-state index contributed by atoms with van der Waals surface area (Å²) in [6.07, 6.45) is 1.59. The molecule has 180 valence electrons. The highest BCUT2D eigenvalue weighted by atomic mass is 35.5. The molecule has 0 saturated heterocycles. The fourth-order valence-corrected chi connectivity index (χ4v) is 4.15. The van der Waals surface area contributed by atoms with Crippen LogP contribution in [-0.2, 0) is 26.2 Å². The first-order valence-electron chi connectivity index (χ1n) is 10.5. The molecule has 0 aliphatic rings. The number of benzene rings is 2. The fourth-order valence-electron chi connectivity index (χ4n) is 3.11. The predicted molar refractivity (Wildman–Crippen MR) is 128 cm³/mol. The fraction of sp³-hybridized carbons (Fsp3) is 0.391. The molecule has 0 saturated carbocycles. The van der Waals surface area contributed by atoms with E-state index in [0.29, 0.717) is 21.3 Å². The molecule has 7 nitrogen and oxygen atoms in total. The van der Waals surface area contributed by atoms with E-state index in [0.717, 1.165) is 12.3 Å². The van der Waals surface area contributed by atoms with Gasteiger partial charge in [0.1, 0.15) is 18.4 Å². The van der Waals surface area contributed by atoms with Crippen molar-refractivity contribution in [3.8, 4) is 0 Å². The van der Waals surface area contributed by atoms with Crippen LogP contribution in [0.4, 0.5) is 10.1 Å². The molecule has 0 bridgehead atoms. The molecule has 1 N–H and O–H groups in total. The van der Waals surface area contributed by atoms with Gasteiger partial charge in [-0.05, 0) is 44.0 Å². The molecule has 0 radical (unpaired) electrons. The van der Waals surface area contributed by atoms with E-state index in [1.165, 1.54) is 23.1 Å². The minimum atomic E-state index is -4.00. The van der Waals surface area contributed by atoms with Crippen molar-refractivity contribution >= 4 is 39.1 Å². The summed E-state index contributed by atoms with van der Waals surface area (Å²) in [4.78, 5) is 27.4. The summed E-state index contributed by atoms with van der Waals surface area (Å²) >= 11 is 6.26. The summed E-state index contributed by atoms with van der Waals surface area (Å²) < 4.78 is 39.9. The Kier molecular flexibility index (Phi) is 9.25. The second kappa shape index (κ2) is 11.5. The zero-order chi connectivity index (χ0) is 24.8. The minimum Gasteiger partial charge on any atom is -0.352 e. The van der Waals surface area contributed by atoms with Gasteiger partial charge < -0.3 is 10.2 Å². The number of amides is 2. The SMILES string of the molecule is CCC(C)NC(=O)C(C)N(Cc1ccccc1Cl)C(=O)CN(c1ccccc1F)S(C)(=O)=O. The maximum Gasteiger partial charge on any atom is 0.244 e. The Morgan fingerprint density at radius 3 is 2.27 bits per heavy atom. The zero-order valence-corrected chi connectivity index (χ0v) is 20.7. The van der Waals surface area contributed by atoms with Crippen LogP contribution in [0.2, 0.25) is 5.02 Å². The van der Waals surface area contributed by atoms with E-state index in [-0.39, 0.29) is 24.2 Å². The van der Waals surface area contributed by atoms with Gasteiger partial charge in [0.15, 0.2) is 0 Å². The molecule has 10 heteroatoms. The first kappa shape index (κ1) is 26.6. The smallest absolute Gasteiger partial charge is 0.244 e. The first-order chi connectivity index (χ1) is 15.5. The number of halogens is 2. The molecule has 2 unspecified atom stereocenters. The van der Waals surface area contributed by atoms with Gasteiger partial charge in [-0.15, -0.1) is 0 Å². The lowest BCUT2D eigenvalue weighted by Crippen LogP contribution is -2.52. The lowest BCUT2D eigenvalue weighted by atomic mass is 10.1. The molecule has 2 aromatic carbocycles. The summed E-state index contributed by atoms with van der Waals surface area (Å²) in [5, 5.41) is 3.23. The monoisotopic (exact) mass is 497 g/mol. The van der Waals surface area contributed by atoms with Crippen molar-refractivity contribution in [3.05, 3.63) is 64.9 Å².